The number of ether oxygens (including phenoxy) is 1. The standard InChI is InChI=1S/C21H38N6O2.HI/c1-17(20(28)25-7-3-4-8-25)24-10-12-26(13-11-24)21(22-2)23-14-19-15-27-9-5-6-18(27)16-29-19;/h17-19H,3-16H2,1-2H3,(H,22,23);1H. The van der Waals surface area contributed by atoms with Crippen LogP contribution in [0.2, 0.25) is 0 Å². The molecule has 0 aromatic carbocycles. The summed E-state index contributed by atoms with van der Waals surface area (Å²) in [7, 11) is 1.85. The number of fused-ring (bicyclic) bond motifs is 1. The van der Waals surface area contributed by atoms with Crippen LogP contribution in [-0.2, 0) is 9.53 Å². The minimum absolute atomic E-state index is 0. The van der Waals surface area contributed by atoms with Gasteiger partial charge in [0.15, 0.2) is 5.96 Å². The molecule has 4 heterocycles. The first-order valence-corrected chi connectivity index (χ1v) is 11.5. The predicted octanol–water partition coefficient (Wildman–Crippen LogP) is 0.672. The Morgan fingerprint density at radius 3 is 2.50 bits per heavy atom. The van der Waals surface area contributed by atoms with Gasteiger partial charge in [-0.25, -0.2) is 0 Å². The summed E-state index contributed by atoms with van der Waals surface area (Å²) in [6, 6.07) is 0.623. The van der Waals surface area contributed by atoms with Crippen molar-refractivity contribution in [1.82, 2.24) is 24.9 Å². The van der Waals surface area contributed by atoms with Crippen LogP contribution in [0.3, 0.4) is 0 Å². The lowest BCUT2D eigenvalue weighted by Crippen LogP contribution is -2.58. The number of guanidine groups is 1. The Morgan fingerprint density at radius 2 is 1.80 bits per heavy atom. The molecule has 0 radical (unpaired) electrons. The number of aliphatic imine (C=N–C) groups is 1. The lowest BCUT2D eigenvalue weighted by atomic mass is 10.2. The number of rotatable bonds is 4. The first kappa shape index (κ1) is 24.0. The quantitative estimate of drug-likeness (QED) is 0.325. The third-order valence-corrected chi connectivity index (χ3v) is 7.10. The molecule has 172 valence electrons. The lowest BCUT2D eigenvalue weighted by Gasteiger charge is -2.40. The number of morpholine rings is 1. The molecule has 1 N–H and O–H groups in total. The van der Waals surface area contributed by atoms with Crippen molar-refractivity contribution in [3.8, 4) is 0 Å². The second-order valence-corrected chi connectivity index (χ2v) is 8.91. The van der Waals surface area contributed by atoms with E-state index in [-0.39, 0.29) is 36.1 Å². The van der Waals surface area contributed by atoms with E-state index in [9.17, 15) is 4.79 Å². The fraction of sp³-hybridized carbons (Fsp3) is 0.905. The molecule has 4 rings (SSSR count). The monoisotopic (exact) mass is 534 g/mol. The molecule has 4 fully saturated rings. The van der Waals surface area contributed by atoms with Crippen LogP contribution in [0, 0.1) is 0 Å². The van der Waals surface area contributed by atoms with E-state index < -0.39 is 0 Å². The van der Waals surface area contributed by atoms with Crippen LogP contribution in [0.5, 0.6) is 0 Å². The molecule has 4 saturated heterocycles. The summed E-state index contributed by atoms with van der Waals surface area (Å²) < 4.78 is 6.07. The Kier molecular flexibility index (Phi) is 9.03. The van der Waals surface area contributed by atoms with Crippen molar-refractivity contribution in [1.29, 1.82) is 0 Å². The minimum atomic E-state index is -0.0192. The average molecular weight is 534 g/mol. The van der Waals surface area contributed by atoms with Gasteiger partial charge < -0.3 is 19.9 Å². The van der Waals surface area contributed by atoms with Gasteiger partial charge >= 0.3 is 0 Å². The van der Waals surface area contributed by atoms with Crippen LogP contribution in [-0.4, -0.2) is 122 Å². The summed E-state index contributed by atoms with van der Waals surface area (Å²) in [5.41, 5.74) is 0. The SMILES string of the molecule is CN=C(NCC1CN2CCCC2CO1)N1CCN(C(C)C(=O)N2CCCC2)CC1.I. The van der Waals surface area contributed by atoms with E-state index in [0.717, 1.165) is 77.8 Å². The molecule has 8 nitrogen and oxygen atoms in total. The first-order chi connectivity index (χ1) is 14.2. The first-order valence-electron chi connectivity index (χ1n) is 11.5. The summed E-state index contributed by atoms with van der Waals surface area (Å²) in [6.07, 6.45) is 5.12. The molecule has 0 spiro atoms. The van der Waals surface area contributed by atoms with Crippen molar-refractivity contribution >= 4 is 35.8 Å². The Labute approximate surface area is 198 Å². The number of halogens is 1. The maximum absolute atomic E-state index is 12.7. The summed E-state index contributed by atoms with van der Waals surface area (Å²) in [5.74, 6) is 1.25. The van der Waals surface area contributed by atoms with Crippen molar-refractivity contribution in [3.05, 3.63) is 0 Å². The highest BCUT2D eigenvalue weighted by atomic mass is 127. The molecule has 9 heteroatoms. The van der Waals surface area contributed by atoms with E-state index in [1.807, 2.05) is 11.9 Å². The molecule has 0 aliphatic carbocycles. The van der Waals surface area contributed by atoms with Gasteiger partial charge in [0.1, 0.15) is 0 Å². The van der Waals surface area contributed by atoms with Gasteiger partial charge in [-0.15, -0.1) is 24.0 Å². The zero-order valence-electron chi connectivity index (χ0n) is 18.6. The number of piperazine rings is 1. The highest BCUT2D eigenvalue weighted by Gasteiger charge is 2.33. The molecule has 4 aliphatic rings. The number of carbonyl (C=O) groups is 1. The van der Waals surface area contributed by atoms with Gasteiger partial charge in [0, 0.05) is 65.4 Å². The van der Waals surface area contributed by atoms with E-state index in [1.54, 1.807) is 0 Å². The second kappa shape index (κ2) is 11.3. The number of carbonyl (C=O) groups excluding carboxylic acids is 1. The number of nitrogens with zero attached hydrogens (tertiary/aromatic N) is 5. The van der Waals surface area contributed by atoms with Crippen LogP contribution < -0.4 is 5.32 Å². The smallest absolute Gasteiger partial charge is 0.239 e. The molecule has 0 aromatic heterocycles. The zero-order chi connectivity index (χ0) is 20.2. The van der Waals surface area contributed by atoms with Crippen LogP contribution in [0.25, 0.3) is 0 Å². The molecular weight excluding hydrogens is 495 g/mol. The average Bonchev–Trinajstić information content (AvgIpc) is 3.45. The van der Waals surface area contributed by atoms with Crippen LogP contribution in [0.15, 0.2) is 4.99 Å². The third-order valence-electron chi connectivity index (χ3n) is 7.10. The van der Waals surface area contributed by atoms with Gasteiger partial charge in [-0.2, -0.15) is 0 Å². The third kappa shape index (κ3) is 5.58. The van der Waals surface area contributed by atoms with Gasteiger partial charge in [0.05, 0.1) is 18.8 Å². The minimum Gasteiger partial charge on any atom is -0.373 e. The fourth-order valence-corrected chi connectivity index (χ4v) is 5.23. The molecule has 30 heavy (non-hydrogen) atoms. The Morgan fingerprint density at radius 1 is 1.07 bits per heavy atom. The van der Waals surface area contributed by atoms with E-state index in [4.69, 9.17) is 4.74 Å². The number of likely N-dealkylation sites (tertiary alicyclic amines) is 1. The predicted molar refractivity (Wildman–Crippen MR) is 130 cm³/mol. The van der Waals surface area contributed by atoms with Crippen LogP contribution in [0.1, 0.15) is 32.6 Å². The molecule has 3 atom stereocenters. The maximum Gasteiger partial charge on any atom is 0.239 e. The Bertz CT molecular complexity index is 592. The van der Waals surface area contributed by atoms with E-state index in [0.29, 0.717) is 11.9 Å². The van der Waals surface area contributed by atoms with Gasteiger partial charge in [-0.3, -0.25) is 19.6 Å². The largest absolute Gasteiger partial charge is 0.373 e. The summed E-state index contributed by atoms with van der Waals surface area (Å²) >= 11 is 0. The highest BCUT2D eigenvalue weighted by molar-refractivity contribution is 14.0. The fourth-order valence-electron chi connectivity index (χ4n) is 5.23. The molecule has 4 aliphatic heterocycles. The van der Waals surface area contributed by atoms with Crippen molar-refractivity contribution < 1.29 is 9.53 Å². The molecule has 0 aromatic rings. The lowest BCUT2D eigenvalue weighted by molar-refractivity contribution is -0.135. The van der Waals surface area contributed by atoms with Gasteiger partial charge in [0.25, 0.3) is 0 Å². The van der Waals surface area contributed by atoms with Crippen molar-refractivity contribution in [2.24, 2.45) is 4.99 Å². The topological polar surface area (TPSA) is 63.7 Å². The normalized spacial score (nSPS) is 29.5. The number of hydrogen-bond donors (Lipinski definition) is 1. The van der Waals surface area contributed by atoms with Crippen LogP contribution >= 0.6 is 24.0 Å². The molecule has 0 saturated carbocycles. The summed E-state index contributed by atoms with van der Waals surface area (Å²) in [5, 5.41) is 3.53. The molecular formula is C21H39IN6O2. The summed E-state index contributed by atoms with van der Waals surface area (Å²) in [4.78, 5) is 26.4. The van der Waals surface area contributed by atoms with E-state index in [2.05, 4.69) is 31.9 Å². The molecule has 1 amide bonds. The number of nitrogens with one attached hydrogen (secondary N) is 1. The number of amides is 1. The van der Waals surface area contributed by atoms with Crippen molar-refractivity contribution in [2.45, 2.75) is 50.8 Å². The van der Waals surface area contributed by atoms with E-state index >= 15 is 0 Å². The molecule has 3 unspecified atom stereocenters. The Hall–Kier alpha value is -0.650. The summed E-state index contributed by atoms with van der Waals surface area (Å²) in [6.45, 7) is 11.4. The van der Waals surface area contributed by atoms with Gasteiger partial charge in [-0.1, -0.05) is 0 Å². The Balaban J connectivity index is 0.00000256. The number of hydrogen-bond acceptors (Lipinski definition) is 5. The highest BCUT2D eigenvalue weighted by Crippen LogP contribution is 2.22. The van der Waals surface area contributed by atoms with Gasteiger partial charge in [-0.05, 0) is 39.2 Å². The zero-order valence-corrected chi connectivity index (χ0v) is 20.9. The maximum atomic E-state index is 12.7. The van der Waals surface area contributed by atoms with Gasteiger partial charge in [0.2, 0.25) is 5.91 Å². The van der Waals surface area contributed by atoms with Crippen LogP contribution in [0.4, 0.5) is 0 Å². The van der Waals surface area contributed by atoms with E-state index in [1.165, 1.54) is 19.4 Å². The van der Waals surface area contributed by atoms with Crippen molar-refractivity contribution in [2.75, 3.05) is 72.6 Å². The molecule has 0 bridgehead atoms. The second-order valence-electron chi connectivity index (χ2n) is 8.91. The van der Waals surface area contributed by atoms with Crippen molar-refractivity contribution in [3.63, 3.8) is 0 Å².